The monoisotopic (exact) mass is 388 g/mol. The van der Waals surface area contributed by atoms with Gasteiger partial charge in [0.15, 0.2) is 0 Å². The molecule has 2 heterocycles. The van der Waals surface area contributed by atoms with E-state index in [-0.39, 0.29) is 5.91 Å². The molecule has 2 aliphatic carbocycles. The lowest BCUT2D eigenvalue weighted by Gasteiger charge is -2.04. The number of fused-ring (bicyclic) bond motifs is 1. The number of aromatic nitrogens is 4. The summed E-state index contributed by atoms with van der Waals surface area (Å²) < 4.78 is 1.85. The molecule has 4 rings (SSSR count). The summed E-state index contributed by atoms with van der Waals surface area (Å²) in [4.78, 5) is 13.6. The van der Waals surface area contributed by atoms with Crippen LogP contribution in [0.15, 0.2) is 5.16 Å². The molecule has 0 aromatic carbocycles. The number of tetrazole rings is 1. The van der Waals surface area contributed by atoms with Crippen LogP contribution in [0.4, 0.5) is 5.00 Å². The van der Waals surface area contributed by atoms with Crippen molar-refractivity contribution in [2.45, 2.75) is 62.6 Å². The Hall–Kier alpha value is -1.92. The number of carbonyl (C=O) groups is 1. The summed E-state index contributed by atoms with van der Waals surface area (Å²) in [6, 6.07) is 2.73. The van der Waals surface area contributed by atoms with Gasteiger partial charge in [-0.3, -0.25) is 4.79 Å². The van der Waals surface area contributed by atoms with Gasteiger partial charge in [-0.1, -0.05) is 18.2 Å². The molecule has 2 aromatic rings. The molecule has 136 valence electrons. The lowest BCUT2D eigenvalue weighted by atomic mass is 10.1. The van der Waals surface area contributed by atoms with Crippen LogP contribution in [0.2, 0.25) is 0 Å². The second-order valence-electron chi connectivity index (χ2n) is 6.66. The third-order valence-electron chi connectivity index (χ3n) is 4.70. The molecule has 0 saturated heterocycles. The number of nitrogens with one attached hydrogen (secondary N) is 1. The number of amides is 1. The Kier molecular flexibility index (Phi) is 5.22. The number of hydrogen-bond donors (Lipinski definition) is 1. The first-order valence-electron chi connectivity index (χ1n) is 9.01. The Morgan fingerprint density at radius 3 is 3.00 bits per heavy atom. The van der Waals surface area contributed by atoms with E-state index in [1.807, 2.05) is 4.68 Å². The van der Waals surface area contributed by atoms with E-state index in [2.05, 4.69) is 26.9 Å². The summed E-state index contributed by atoms with van der Waals surface area (Å²) in [6.45, 7) is 0. The van der Waals surface area contributed by atoms with Crippen molar-refractivity contribution in [3.8, 4) is 6.07 Å². The largest absolute Gasteiger partial charge is 0.317 e. The van der Waals surface area contributed by atoms with Gasteiger partial charge in [-0.2, -0.15) is 5.26 Å². The Balaban J connectivity index is 1.35. The van der Waals surface area contributed by atoms with E-state index in [1.165, 1.54) is 23.1 Å². The lowest BCUT2D eigenvalue weighted by molar-refractivity contribution is -0.115. The van der Waals surface area contributed by atoms with Crippen molar-refractivity contribution in [1.29, 1.82) is 5.26 Å². The first-order valence-corrected chi connectivity index (χ1v) is 10.8. The molecule has 2 aliphatic rings. The van der Waals surface area contributed by atoms with Gasteiger partial charge in [0.25, 0.3) is 0 Å². The van der Waals surface area contributed by atoms with Crippen molar-refractivity contribution < 1.29 is 4.79 Å². The number of thioether (sulfide) groups is 1. The second-order valence-corrected chi connectivity index (χ2v) is 8.83. The number of anilines is 1. The Labute approximate surface area is 160 Å². The average molecular weight is 389 g/mol. The number of nitriles is 1. The molecule has 0 spiro atoms. The highest BCUT2D eigenvalue weighted by molar-refractivity contribution is 7.99. The molecule has 1 amide bonds. The Bertz CT molecular complexity index is 848. The van der Waals surface area contributed by atoms with E-state index in [9.17, 15) is 10.1 Å². The van der Waals surface area contributed by atoms with Gasteiger partial charge >= 0.3 is 0 Å². The van der Waals surface area contributed by atoms with Gasteiger partial charge in [-0.05, 0) is 54.5 Å². The minimum absolute atomic E-state index is 0.0594. The molecule has 26 heavy (non-hydrogen) atoms. The Morgan fingerprint density at radius 1 is 1.35 bits per heavy atom. The zero-order valence-electron chi connectivity index (χ0n) is 14.4. The van der Waals surface area contributed by atoms with Crippen molar-refractivity contribution in [3.63, 3.8) is 0 Å². The van der Waals surface area contributed by atoms with Gasteiger partial charge in [0.1, 0.15) is 11.1 Å². The number of aryl methyl sites for hydroxylation is 1. The first kappa shape index (κ1) is 17.5. The number of rotatable bonds is 6. The normalized spacial score (nSPS) is 16.6. The van der Waals surface area contributed by atoms with Crippen LogP contribution in [0.25, 0.3) is 0 Å². The number of carbonyl (C=O) groups excluding carboxylic acids is 1. The zero-order valence-corrected chi connectivity index (χ0v) is 16.0. The van der Waals surface area contributed by atoms with Gasteiger partial charge in [-0.25, -0.2) is 4.68 Å². The summed E-state index contributed by atoms with van der Waals surface area (Å²) in [5.41, 5.74) is 1.83. The number of hydrogen-bond acceptors (Lipinski definition) is 7. The van der Waals surface area contributed by atoms with Gasteiger partial charge < -0.3 is 5.32 Å². The van der Waals surface area contributed by atoms with Crippen molar-refractivity contribution in [3.05, 3.63) is 16.0 Å². The summed E-state index contributed by atoms with van der Waals surface area (Å²) in [6.07, 6.45) is 8.09. The third kappa shape index (κ3) is 3.76. The minimum atomic E-state index is -0.0594. The summed E-state index contributed by atoms with van der Waals surface area (Å²) in [7, 11) is 0. The maximum absolute atomic E-state index is 12.3. The molecule has 0 aliphatic heterocycles. The van der Waals surface area contributed by atoms with Gasteiger partial charge in [0, 0.05) is 17.1 Å². The van der Waals surface area contributed by atoms with Crippen LogP contribution >= 0.6 is 23.1 Å². The van der Waals surface area contributed by atoms with Crippen LogP contribution in [-0.2, 0) is 17.6 Å². The molecule has 0 radical (unpaired) electrons. The molecule has 7 nitrogen and oxygen atoms in total. The van der Waals surface area contributed by atoms with E-state index in [0.717, 1.165) is 54.2 Å². The van der Waals surface area contributed by atoms with E-state index in [1.54, 1.807) is 11.3 Å². The van der Waals surface area contributed by atoms with E-state index >= 15 is 0 Å². The van der Waals surface area contributed by atoms with Crippen molar-refractivity contribution in [2.75, 3.05) is 11.1 Å². The smallest absolute Gasteiger partial charge is 0.225 e. The average Bonchev–Trinajstić information content (AvgIpc) is 3.34. The van der Waals surface area contributed by atoms with Gasteiger partial charge in [-0.15, -0.1) is 16.4 Å². The molecular weight excluding hydrogens is 368 g/mol. The molecule has 0 atom stereocenters. The van der Waals surface area contributed by atoms with Crippen LogP contribution in [0.5, 0.6) is 0 Å². The van der Waals surface area contributed by atoms with Gasteiger partial charge in [0.05, 0.1) is 11.6 Å². The third-order valence-corrected chi connectivity index (χ3v) is 6.84. The fourth-order valence-electron chi connectivity index (χ4n) is 3.20. The van der Waals surface area contributed by atoms with Crippen LogP contribution in [0, 0.1) is 11.3 Å². The maximum atomic E-state index is 12.3. The SMILES string of the molecule is N#Cc1c(NC(=O)CCSc2nnnn2C2CC2)sc2c1CCCCC2. The molecule has 1 saturated carbocycles. The molecular formula is C17H20N6OS2. The lowest BCUT2D eigenvalue weighted by Crippen LogP contribution is -2.12. The molecule has 1 N–H and O–H groups in total. The minimum Gasteiger partial charge on any atom is -0.317 e. The highest BCUT2D eigenvalue weighted by Crippen LogP contribution is 2.38. The predicted molar refractivity (Wildman–Crippen MR) is 100 cm³/mol. The summed E-state index contributed by atoms with van der Waals surface area (Å²) in [5, 5.41) is 25.8. The molecule has 2 aromatic heterocycles. The van der Waals surface area contributed by atoms with Crippen LogP contribution < -0.4 is 5.32 Å². The van der Waals surface area contributed by atoms with Crippen LogP contribution in [0.3, 0.4) is 0 Å². The molecule has 1 fully saturated rings. The second kappa shape index (κ2) is 7.76. The topological polar surface area (TPSA) is 96.5 Å². The zero-order chi connectivity index (χ0) is 17.9. The van der Waals surface area contributed by atoms with E-state index in [0.29, 0.717) is 23.8 Å². The molecule has 9 heteroatoms. The summed E-state index contributed by atoms with van der Waals surface area (Å²) >= 11 is 3.08. The summed E-state index contributed by atoms with van der Waals surface area (Å²) in [5.74, 6) is 0.558. The van der Waals surface area contributed by atoms with Crippen molar-refractivity contribution in [1.82, 2.24) is 20.2 Å². The number of nitrogens with zero attached hydrogens (tertiary/aromatic N) is 5. The van der Waals surface area contributed by atoms with Crippen molar-refractivity contribution >= 4 is 34.0 Å². The van der Waals surface area contributed by atoms with Crippen molar-refractivity contribution in [2.24, 2.45) is 0 Å². The fraction of sp³-hybridized carbons (Fsp3) is 0.588. The number of thiophene rings is 1. The van der Waals surface area contributed by atoms with E-state index in [4.69, 9.17) is 0 Å². The standard InChI is InChI=1S/C17H20N6OS2/c18-10-13-12-4-2-1-3-5-14(12)26-16(13)19-15(24)8-9-25-17-20-21-22-23(17)11-6-7-11/h11H,1-9H2,(H,19,24). The highest BCUT2D eigenvalue weighted by Gasteiger charge is 2.28. The Morgan fingerprint density at radius 2 is 2.19 bits per heavy atom. The quantitative estimate of drug-likeness (QED) is 0.602. The first-order chi connectivity index (χ1) is 12.8. The molecule has 0 unspecified atom stereocenters. The van der Waals surface area contributed by atoms with Crippen LogP contribution in [-0.4, -0.2) is 31.9 Å². The predicted octanol–water partition coefficient (Wildman–Crippen LogP) is 3.33. The highest BCUT2D eigenvalue weighted by atomic mass is 32.2. The van der Waals surface area contributed by atoms with E-state index < -0.39 is 0 Å². The molecule has 0 bridgehead atoms. The van der Waals surface area contributed by atoms with Crippen LogP contribution in [0.1, 0.15) is 60.6 Å². The fourth-order valence-corrected chi connectivity index (χ4v) is 5.34. The maximum Gasteiger partial charge on any atom is 0.225 e. The van der Waals surface area contributed by atoms with Gasteiger partial charge in [0.2, 0.25) is 11.1 Å².